The van der Waals surface area contributed by atoms with Crippen molar-refractivity contribution in [1.82, 2.24) is 42.5 Å². The van der Waals surface area contributed by atoms with Gasteiger partial charge in [0.25, 0.3) is 0 Å². The topological polar surface area (TPSA) is 165 Å². The summed E-state index contributed by atoms with van der Waals surface area (Å²) in [5.74, 6) is 0.259. The SMILES string of the molecule is O=C1SC2C=CC1C1C3NC(NC4NC(NC5NC(NC6NC(N3)C3C7C=CC(C(=O)S7)C63)C3C6C=CC(C(=O)S6)C53)C3C5C=CC(C(=O)S5)C43)C21. The highest BCUT2D eigenvalue weighted by atomic mass is 32.2. The molecule has 8 N–H and O–H groups in total. The summed E-state index contributed by atoms with van der Waals surface area (Å²) < 4.78 is 0. The van der Waals surface area contributed by atoms with Gasteiger partial charge in [-0.05, 0) is 0 Å². The molecule has 16 atom stereocenters. The van der Waals surface area contributed by atoms with Gasteiger partial charge in [0.1, 0.15) is 0 Å². The van der Waals surface area contributed by atoms with Crippen molar-refractivity contribution in [3.63, 3.8) is 0 Å². The highest BCUT2D eigenvalue weighted by Gasteiger charge is 2.65. The molecule has 17 aliphatic rings. The number of allylic oxidation sites excluding steroid dienone is 4. The summed E-state index contributed by atoms with van der Waals surface area (Å²) in [5, 5.41) is 33.4. The van der Waals surface area contributed by atoms with Crippen LogP contribution in [-0.2, 0) is 19.2 Å². The summed E-state index contributed by atoms with van der Waals surface area (Å²) in [5.41, 5.74) is 0. The predicted molar refractivity (Wildman–Crippen MR) is 199 cm³/mol. The number of rotatable bonds is 0. The predicted octanol–water partition coefficient (Wildman–Crippen LogP) is -0.378. The normalized spacial score (nSPS) is 60.8. The van der Waals surface area contributed by atoms with E-state index >= 15 is 0 Å². The monoisotopic (exact) mass is 776 g/mol. The molecule has 0 radical (unpaired) electrons. The molecular formula is C36H40N8O4S4. The molecule has 4 aliphatic carbocycles. The highest BCUT2D eigenvalue weighted by Crippen LogP contribution is 2.56. The van der Waals surface area contributed by atoms with Gasteiger partial charge in [0.05, 0.1) is 73.0 Å². The molecule has 16 unspecified atom stereocenters. The lowest BCUT2D eigenvalue weighted by Gasteiger charge is -2.46. The zero-order valence-electron chi connectivity index (χ0n) is 27.7. The van der Waals surface area contributed by atoms with Gasteiger partial charge in [0.2, 0.25) is 0 Å². The molecule has 12 nitrogen and oxygen atoms in total. The Hall–Kier alpha value is -1.28. The van der Waals surface area contributed by atoms with Crippen molar-refractivity contribution in [1.29, 1.82) is 0 Å². The average molecular weight is 777 g/mol. The molecule has 272 valence electrons. The summed E-state index contributed by atoms with van der Waals surface area (Å²) in [7, 11) is 0. The Morgan fingerprint density at radius 1 is 0.288 bits per heavy atom. The van der Waals surface area contributed by atoms with Gasteiger partial charge in [-0.25, -0.2) is 0 Å². The van der Waals surface area contributed by atoms with Crippen molar-refractivity contribution in [3.8, 4) is 0 Å². The molecule has 16 bridgehead atoms. The van der Waals surface area contributed by atoms with Crippen LogP contribution in [0, 0.1) is 71.0 Å². The van der Waals surface area contributed by atoms with Crippen LogP contribution in [0.5, 0.6) is 0 Å². The van der Waals surface area contributed by atoms with Gasteiger partial charge < -0.3 is 0 Å². The molecule has 52 heavy (non-hydrogen) atoms. The Kier molecular flexibility index (Phi) is 6.86. The maximum atomic E-state index is 13.5. The molecule has 17 rings (SSSR count). The van der Waals surface area contributed by atoms with E-state index in [-0.39, 0.29) is 162 Å². The van der Waals surface area contributed by atoms with Gasteiger partial charge >= 0.3 is 0 Å². The molecule has 16 heteroatoms. The lowest BCUT2D eigenvalue weighted by atomic mass is 9.72. The van der Waals surface area contributed by atoms with E-state index in [4.69, 9.17) is 0 Å². The standard InChI is InChI=1S/C36H40N8O4S4/c45-33-9-1-5-13(49-33)21-17(9)25-37-29(21)42-26-19-11-3-7-15(51-35(11)47)23(19)31(39-26)44-28-20-12-4-8-16(52-36(12)48)24(20)32(40-28)43-27-18-10-2-6-14(50-34(10)46)22(18)30(38-27)41-25/h1-32,37-44H. The fraction of sp³-hybridized carbons (Fsp3) is 0.667. The third-order valence-electron chi connectivity index (χ3n) is 15.0. The lowest BCUT2D eigenvalue weighted by molar-refractivity contribution is -0.117. The summed E-state index contributed by atoms with van der Waals surface area (Å²) >= 11 is 5.90. The number of carbonyl (C=O) groups is 4. The first-order valence-electron chi connectivity index (χ1n) is 19.0. The number of hydrogen-bond acceptors (Lipinski definition) is 16. The van der Waals surface area contributed by atoms with E-state index in [2.05, 4.69) is 91.1 Å². The maximum Gasteiger partial charge on any atom is 0.196 e. The number of hydrogen-bond donors (Lipinski definition) is 8. The third kappa shape index (κ3) is 4.19. The van der Waals surface area contributed by atoms with Gasteiger partial charge in [0.15, 0.2) is 20.5 Å². The van der Waals surface area contributed by atoms with Crippen LogP contribution in [0.1, 0.15) is 0 Å². The Morgan fingerprint density at radius 3 is 0.673 bits per heavy atom. The Labute approximate surface area is 317 Å². The number of fused-ring (bicyclic) bond motifs is 12. The second-order valence-electron chi connectivity index (χ2n) is 17.0. The van der Waals surface area contributed by atoms with Crippen LogP contribution in [0.15, 0.2) is 48.6 Å². The zero-order valence-corrected chi connectivity index (χ0v) is 31.0. The van der Waals surface area contributed by atoms with Gasteiger partial charge in [-0.3, -0.25) is 61.7 Å². The van der Waals surface area contributed by atoms with Crippen molar-refractivity contribution in [3.05, 3.63) is 48.6 Å². The van der Waals surface area contributed by atoms with E-state index in [1.54, 1.807) is 0 Å². The van der Waals surface area contributed by atoms with Crippen LogP contribution in [0.3, 0.4) is 0 Å². The molecule has 0 spiro atoms. The smallest absolute Gasteiger partial charge is 0.196 e. The first kappa shape index (κ1) is 31.9. The van der Waals surface area contributed by atoms with Gasteiger partial charge in [-0.2, -0.15) is 0 Å². The van der Waals surface area contributed by atoms with Crippen molar-refractivity contribution in [2.45, 2.75) is 70.3 Å². The third-order valence-corrected chi connectivity index (χ3v) is 20.0. The fourth-order valence-corrected chi connectivity index (χ4v) is 18.4. The molecular weight excluding hydrogens is 737 g/mol. The largest absolute Gasteiger partial charge is 0.287 e. The number of thioether (sulfide) groups is 4. The van der Waals surface area contributed by atoms with Crippen molar-refractivity contribution < 1.29 is 19.2 Å². The number of carbonyl (C=O) groups excluding carboxylic acids is 4. The van der Waals surface area contributed by atoms with Crippen molar-refractivity contribution in [2.75, 3.05) is 0 Å². The van der Waals surface area contributed by atoms with Crippen LogP contribution in [-0.4, -0.2) is 90.8 Å². The molecule has 9 fully saturated rings. The van der Waals surface area contributed by atoms with Crippen LogP contribution in [0.25, 0.3) is 0 Å². The van der Waals surface area contributed by atoms with Gasteiger partial charge in [0, 0.05) is 68.3 Å². The minimum absolute atomic E-state index is 0.0648. The maximum absolute atomic E-state index is 13.5. The summed E-state index contributed by atoms with van der Waals surface area (Å²) in [6, 6.07) is 0. The molecule has 0 saturated carbocycles. The molecule has 0 amide bonds. The first-order chi connectivity index (χ1) is 25.4. The van der Waals surface area contributed by atoms with Crippen LogP contribution in [0.4, 0.5) is 0 Å². The van der Waals surface area contributed by atoms with Crippen LogP contribution in [0.2, 0.25) is 0 Å². The fourth-order valence-electron chi connectivity index (χ4n) is 13.1. The zero-order chi connectivity index (χ0) is 34.3. The second-order valence-corrected chi connectivity index (χ2v) is 21.8. The minimum atomic E-state index is -0.180. The van der Waals surface area contributed by atoms with Gasteiger partial charge in [-0.1, -0.05) is 95.7 Å². The summed E-state index contributed by atoms with van der Waals surface area (Å²) in [4.78, 5) is 53.8. The van der Waals surface area contributed by atoms with Crippen LogP contribution < -0.4 is 42.5 Å². The minimum Gasteiger partial charge on any atom is -0.287 e. The quantitative estimate of drug-likeness (QED) is 0.150. The Bertz CT molecular complexity index is 1570. The van der Waals surface area contributed by atoms with E-state index in [9.17, 15) is 19.2 Å². The first-order valence-corrected chi connectivity index (χ1v) is 22.5. The van der Waals surface area contributed by atoms with Crippen molar-refractivity contribution in [2.24, 2.45) is 71.0 Å². The molecule has 13 aliphatic heterocycles. The summed E-state index contributed by atoms with van der Waals surface area (Å²) in [6.07, 6.45) is 16.6. The highest BCUT2D eigenvalue weighted by molar-refractivity contribution is 8.15. The molecule has 0 aromatic heterocycles. The summed E-state index contributed by atoms with van der Waals surface area (Å²) in [6.45, 7) is 0. The molecule has 9 saturated heterocycles. The Balaban J connectivity index is 0.928. The van der Waals surface area contributed by atoms with E-state index < -0.39 is 0 Å². The van der Waals surface area contributed by atoms with Crippen molar-refractivity contribution >= 4 is 67.5 Å². The number of nitrogens with one attached hydrogen (secondary N) is 8. The molecule has 0 aromatic rings. The average Bonchev–Trinajstić information content (AvgIpc) is 3.90. The van der Waals surface area contributed by atoms with E-state index in [0.29, 0.717) is 0 Å². The molecule has 13 heterocycles. The van der Waals surface area contributed by atoms with E-state index in [0.717, 1.165) is 0 Å². The van der Waals surface area contributed by atoms with Crippen LogP contribution >= 0.6 is 47.0 Å². The molecule has 0 aromatic carbocycles. The lowest BCUT2D eigenvalue weighted by Crippen LogP contribution is -2.62. The second kappa shape index (κ2) is 11.2. The van der Waals surface area contributed by atoms with Gasteiger partial charge in [-0.15, -0.1) is 0 Å². The van der Waals surface area contributed by atoms with E-state index in [1.165, 1.54) is 47.0 Å². The Morgan fingerprint density at radius 2 is 0.481 bits per heavy atom. The van der Waals surface area contributed by atoms with E-state index in [1.807, 2.05) is 0 Å².